The molecule has 4 heteroatoms. The van der Waals surface area contributed by atoms with E-state index in [0.717, 1.165) is 46.6 Å². The third-order valence-electron chi connectivity index (χ3n) is 4.35. The summed E-state index contributed by atoms with van der Waals surface area (Å²) in [5.41, 5.74) is 3.78. The van der Waals surface area contributed by atoms with Crippen molar-refractivity contribution in [1.82, 2.24) is 0 Å². The molecule has 0 spiro atoms. The molecule has 1 atom stereocenters. The first-order valence-corrected chi connectivity index (χ1v) is 7.46. The first-order chi connectivity index (χ1) is 10.7. The normalized spacial score (nSPS) is 16.4. The van der Waals surface area contributed by atoms with Crippen molar-refractivity contribution in [2.45, 2.75) is 18.8 Å². The summed E-state index contributed by atoms with van der Waals surface area (Å²) in [5, 5.41) is 9.71. The lowest BCUT2D eigenvalue weighted by molar-refractivity contribution is -0.137. The lowest BCUT2D eigenvalue weighted by Crippen LogP contribution is -2.13. The topological polar surface area (TPSA) is 55.8 Å². The number of hydrogen-bond donors (Lipinski definition) is 1. The molecule has 1 N–H and O–H groups in total. The van der Waals surface area contributed by atoms with Crippen LogP contribution >= 0.6 is 0 Å². The molecule has 0 aliphatic carbocycles. The zero-order valence-corrected chi connectivity index (χ0v) is 12.0. The number of rotatable bonds is 3. The molecule has 1 unspecified atom stereocenters. The molecule has 2 aliphatic rings. The maximum absolute atomic E-state index is 11.8. The van der Waals surface area contributed by atoms with Gasteiger partial charge < -0.3 is 14.6 Å². The van der Waals surface area contributed by atoms with E-state index in [-0.39, 0.29) is 0 Å². The molecule has 4 nitrogen and oxygen atoms in total. The number of fused-ring (bicyclic) bond motifs is 2. The van der Waals surface area contributed by atoms with Gasteiger partial charge in [-0.15, -0.1) is 0 Å². The van der Waals surface area contributed by atoms with Crippen LogP contribution in [0.1, 0.15) is 28.2 Å². The third kappa shape index (κ3) is 2.11. The van der Waals surface area contributed by atoms with Crippen LogP contribution in [0.25, 0.3) is 0 Å². The van der Waals surface area contributed by atoms with Crippen molar-refractivity contribution in [1.29, 1.82) is 0 Å². The van der Waals surface area contributed by atoms with Gasteiger partial charge in [0.2, 0.25) is 0 Å². The molecule has 0 saturated heterocycles. The molecule has 0 bridgehead atoms. The molecule has 4 rings (SSSR count). The molecule has 0 aromatic heterocycles. The average molecular weight is 296 g/mol. The number of ether oxygens (including phenoxy) is 2. The smallest absolute Gasteiger partial charge is 0.315 e. The van der Waals surface area contributed by atoms with Crippen molar-refractivity contribution in [3.8, 4) is 11.5 Å². The Kier molecular flexibility index (Phi) is 3.03. The standard InChI is InChI=1S/C18H16O4/c19-18(20)17(13-3-4-15-12(9-13)6-8-21-15)14-2-1-11-5-7-22-16(11)10-14/h1-4,9-10,17H,5-8H2,(H,19,20). The zero-order chi connectivity index (χ0) is 15.1. The highest BCUT2D eigenvalue weighted by atomic mass is 16.5. The Morgan fingerprint density at radius 2 is 1.59 bits per heavy atom. The van der Waals surface area contributed by atoms with E-state index in [2.05, 4.69) is 0 Å². The second kappa shape index (κ2) is 5.05. The van der Waals surface area contributed by atoms with Gasteiger partial charge in [0.1, 0.15) is 17.4 Å². The minimum absolute atomic E-state index is 0.670. The Morgan fingerprint density at radius 3 is 2.41 bits per heavy atom. The maximum Gasteiger partial charge on any atom is 0.315 e. The van der Waals surface area contributed by atoms with E-state index in [1.54, 1.807) is 0 Å². The molecule has 0 fully saturated rings. The van der Waals surface area contributed by atoms with Crippen LogP contribution in [-0.4, -0.2) is 24.3 Å². The van der Waals surface area contributed by atoms with E-state index in [1.165, 1.54) is 0 Å². The highest BCUT2D eigenvalue weighted by molar-refractivity contribution is 5.81. The van der Waals surface area contributed by atoms with Crippen molar-refractivity contribution >= 4 is 5.97 Å². The highest BCUT2D eigenvalue weighted by Gasteiger charge is 2.26. The van der Waals surface area contributed by atoms with Crippen LogP contribution in [0.2, 0.25) is 0 Å². The number of hydrogen-bond acceptors (Lipinski definition) is 3. The van der Waals surface area contributed by atoms with Crippen molar-refractivity contribution in [3.05, 3.63) is 58.7 Å². The summed E-state index contributed by atoms with van der Waals surface area (Å²) in [7, 11) is 0. The van der Waals surface area contributed by atoms with Crippen LogP contribution in [0.4, 0.5) is 0 Å². The number of carbonyl (C=O) groups is 1. The lowest BCUT2D eigenvalue weighted by atomic mass is 9.89. The first-order valence-electron chi connectivity index (χ1n) is 7.46. The summed E-state index contributed by atoms with van der Waals surface area (Å²) in [6.45, 7) is 1.34. The van der Waals surface area contributed by atoms with Gasteiger partial charge in [-0.05, 0) is 34.4 Å². The minimum Gasteiger partial charge on any atom is -0.493 e. The Balaban J connectivity index is 1.76. The summed E-state index contributed by atoms with van der Waals surface area (Å²) >= 11 is 0. The predicted octanol–water partition coefficient (Wildman–Crippen LogP) is 2.77. The summed E-state index contributed by atoms with van der Waals surface area (Å²) in [4.78, 5) is 11.8. The van der Waals surface area contributed by atoms with Gasteiger partial charge in [0, 0.05) is 12.8 Å². The van der Waals surface area contributed by atoms with Gasteiger partial charge in [0.15, 0.2) is 0 Å². The molecule has 112 valence electrons. The molecule has 2 aromatic carbocycles. The molecular formula is C18H16O4. The van der Waals surface area contributed by atoms with E-state index in [4.69, 9.17) is 9.47 Å². The van der Waals surface area contributed by atoms with E-state index >= 15 is 0 Å². The molecule has 0 amide bonds. The van der Waals surface area contributed by atoms with Crippen molar-refractivity contribution in [3.63, 3.8) is 0 Å². The predicted molar refractivity (Wildman–Crippen MR) is 80.8 cm³/mol. The molecule has 0 saturated carbocycles. The number of benzene rings is 2. The fraction of sp³-hybridized carbons (Fsp3) is 0.278. The zero-order valence-electron chi connectivity index (χ0n) is 12.0. The van der Waals surface area contributed by atoms with E-state index in [9.17, 15) is 9.90 Å². The van der Waals surface area contributed by atoms with Gasteiger partial charge in [-0.3, -0.25) is 4.79 Å². The van der Waals surface area contributed by atoms with Crippen LogP contribution in [0.3, 0.4) is 0 Å². The highest BCUT2D eigenvalue weighted by Crippen LogP contribution is 2.35. The summed E-state index contributed by atoms with van der Waals surface area (Å²) in [6, 6.07) is 11.4. The van der Waals surface area contributed by atoms with Crippen LogP contribution in [0, 0.1) is 0 Å². The molecule has 0 radical (unpaired) electrons. The van der Waals surface area contributed by atoms with Crippen LogP contribution in [-0.2, 0) is 17.6 Å². The third-order valence-corrected chi connectivity index (χ3v) is 4.35. The largest absolute Gasteiger partial charge is 0.493 e. The van der Waals surface area contributed by atoms with Crippen molar-refractivity contribution in [2.75, 3.05) is 13.2 Å². The van der Waals surface area contributed by atoms with Gasteiger partial charge in [-0.1, -0.05) is 24.3 Å². The summed E-state index contributed by atoms with van der Waals surface area (Å²) in [5.74, 6) is 0.149. The van der Waals surface area contributed by atoms with Crippen molar-refractivity contribution in [2.24, 2.45) is 0 Å². The van der Waals surface area contributed by atoms with Crippen molar-refractivity contribution < 1.29 is 19.4 Å². The summed E-state index contributed by atoms with van der Waals surface area (Å²) in [6.07, 6.45) is 1.73. The van der Waals surface area contributed by atoms with Gasteiger partial charge in [0.05, 0.1) is 13.2 Å². The van der Waals surface area contributed by atoms with Gasteiger partial charge >= 0.3 is 5.97 Å². The Morgan fingerprint density at radius 1 is 0.909 bits per heavy atom. The van der Waals surface area contributed by atoms with E-state index < -0.39 is 11.9 Å². The van der Waals surface area contributed by atoms with Crippen LogP contribution < -0.4 is 9.47 Å². The monoisotopic (exact) mass is 296 g/mol. The Bertz CT molecular complexity index is 693. The first kappa shape index (κ1) is 13.2. The molecular weight excluding hydrogens is 280 g/mol. The van der Waals surface area contributed by atoms with Crippen LogP contribution in [0.15, 0.2) is 36.4 Å². The average Bonchev–Trinajstić information content (AvgIpc) is 3.14. The molecule has 22 heavy (non-hydrogen) atoms. The Hall–Kier alpha value is -2.49. The SMILES string of the molecule is O=C(O)C(c1ccc2c(c1)CCO2)c1ccc2c(c1)OCC2. The van der Waals surface area contributed by atoms with Gasteiger partial charge in [0.25, 0.3) is 0 Å². The number of carboxylic acids is 1. The Labute approximate surface area is 128 Å². The van der Waals surface area contributed by atoms with Gasteiger partial charge in [-0.2, -0.15) is 0 Å². The fourth-order valence-corrected chi connectivity index (χ4v) is 3.23. The number of carboxylic acid groups (broad SMARTS) is 1. The van der Waals surface area contributed by atoms with E-state index in [1.807, 2.05) is 36.4 Å². The molecule has 2 aliphatic heterocycles. The minimum atomic E-state index is -0.850. The summed E-state index contributed by atoms with van der Waals surface area (Å²) < 4.78 is 11.1. The maximum atomic E-state index is 11.8. The fourth-order valence-electron chi connectivity index (χ4n) is 3.23. The number of aliphatic carboxylic acids is 1. The quantitative estimate of drug-likeness (QED) is 0.946. The van der Waals surface area contributed by atoms with E-state index in [0.29, 0.717) is 13.2 Å². The van der Waals surface area contributed by atoms with Gasteiger partial charge in [-0.25, -0.2) is 0 Å². The second-order valence-electron chi connectivity index (χ2n) is 5.70. The molecule has 2 aromatic rings. The molecule has 2 heterocycles. The second-order valence-corrected chi connectivity index (χ2v) is 5.70. The lowest BCUT2D eigenvalue weighted by Gasteiger charge is -2.15. The van der Waals surface area contributed by atoms with Crippen LogP contribution in [0.5, 0.6) is 11.5 Å².